The molecule has 0 saturated heterocycles. The van der Waals surface area contributed by atoms with Gasteiger partial charge in [0.25, 0.3) is 0 Å². The lowest BCUT2D eigenvalue weighted by atomic mass is 10.2. The zero-order chi connectivity index (χ0) is 10.7. The molecule has 0 aliphatic rings. The van der Waals surface area contributed by atoms with Gasteiger partial charge in [-0.05, 0) is 17.7 Å². The highest BCUT2D eigenvalue weighted by molar-refractivity contribution is 6.30. The maximum Gasteiger partial charge on any atom is 0.140 e. The van der Waals surface area contributed by atoms with Crippen molar-refractivity contribution in [1.82, 2.24) is 14.8 Å². The molecular weight excluding hydrogens is 212 g/mol. The van der Waals surface area contributed by atoms with Crippen molar-refractivity contribution in [3.63, 3.8) is 0 Å². The molecule has 2 N–H and O–H groups in total. The van der Waals surface area contributed by atoms with Crippen LogP contribution in [0.2, 0.25) is 5.02 Å². The van der Waals surface area contributed by atoms with Crippen LogP contribution < -0.4 is 5.73 Å². The van der Waals surface area contributed by atoms with Gasteiger partial charge in [-0.2, -0.15) is 5.10 Å². The van der Waals surface area contributed by atoms with Crippen molar-refractivity contribution in [2.45, 2.75) is 13.1 Å². The van der Waals surface area contributed by atoms with Crippen molar-refractivity contribution in [3.8, 4) is 0 Å². The topological polar surface area (TPSA) is 56.7 Å². The molecule has 1 aromatic carbocycles. The zero-order valence-electron chi connectivity index (χ0n) is 8.10. The van der Waals surface area contributed by atoms with Gasteiger partial charge in [0.2, 0.25) is 0 Å². The number of nitrogens with zero attached hydrogens (tertiary/aromatic N) is 3. The Morgan fingerprint density at radius 1 is 1.40 bits per heavy atom. The van der Waals surface area contributed by atoms with Gasteiger partial charge in [0.1, 0.15) is 12.2 Å². The molecule has 1 heterocycles. The van der Waals surface area contributed by atoms with Crippen LogP contribution in [-0.4, -0.2) is 14.8 Å². The highest BCUT2D eigenvalue weighted by Crippen LogP contribution is 2.11. The Balaban J connectivity index is 2.22. The van der Waals surface area contributed by atoms with Crippen LogP contribution in [0.15, 0.2) is 30.6 Å². The number of benzene rings is 1. The summed E-state index contributed by atoms with van der Waals surface area (Å²) >= 11 is 5.89. The lowest BCUT2D eigenvalue weighted by Crippen LogP contribution is -2.10. The maximum absolute atomic E-state index is 5.89. The quantitative estimate of drug-likeness (QED) is 0.855. The molecule has 2 aromatic rings. The molecule has 0 amide bonds. The van der Waals surface area contributed by atoms with Crippen LogP contribution in [0.4, 0.5) is 0 Å². The lowest BCUT2D eigenvalue weighted by molar-refractivity contribution is 0.639. The van der Waals surface area contributed by atoms with Crippen LogP contribution in [0.25, 0.3) is 0 Å². The van der Waals surface area contributed by atoms with E-state index in [1.807, 2.05) is 24.3 Å². The fraction of sp³-hybridized carbons (Fsp3) is 0.200. The summed E-state index contributed by atoms with van der Waals surface area (Å²) in [5.41, 5.74) is 6.62. The van der Waals surface area contributed by atoms with Crippen LogP contribution in [0.1, 0.15) is 11.4 Å². The Morgan fingerprint density at radius 3 is 3.00 bits per heavy atom. The minimum absolute atomic E-state index is 0.389. The molecule has 2 rings (SSSR count). The van der Waals surface area contributed by atoms with Crippen LogP contribution >= 0.6 is 11.6 Å². The van der Waals surface area contributed by atoms with Crippen molar-refractivity contribution in [2.24, 2.45) is 5.73 Å². The summed E-state index contributed by atoms with van der Waals surface area (Å²) in [6, 6.07) is 7.66. The first-order chi connectivity index (χ1) is 7.29. The van der Waals surface area contributed by atoms with Gasteiger partial charge >= 0.3 is 0 Å². The predicted octanol–water partition coefficient (Wildman–Crippen LogP) is 1.44. The van der Waals surface area contributed by atoms with E-state index in [2.05, 4.69) is 10.1 Å². The first-order valence-corrected chi connectivity index (χ1v) is 4.98. The Labute approximate surface area is 92.7 Å². The van der Waals surface area contributed by atoms with Gasteiger partial charge < -0.3 is 5.73 Å². The van der Waals surface area contributed by atoms with E-state index in [0.717, 1.165) is 16.4 Å². The number of hydrogen-bond acceptors (Lipinski definition) is 3. The van der Waals surface area contributed by atoms with Gasteiger partial charge in [0.05, 0.1) is 13.1 Å². The molecular formula is C10H11ClN4. The molecule has 15 heavy (non-hydrogen) atoms. The molecule has 0 aliphatic heterocycles. The molecule has 5 heteroatoms. The Morgan fingerprint density at radius 2 is 2.27 bits per heavy atom. The molecule has 0 unspecified atom stereocenters. The standard InChI is InChI=1S/C10H11ClN4/c11-9-3-1-2-8(4-9)6-15-10(5-12)13-7-14-15/h1-4,7H,5-6,12H2. The largest absolute Gasteiger partial charge is 0.324 e. The predicted molar refractivity (Wildman–Crippen MR) is 58.5 cm³/mol. The Hall–Kier alpha value is -1.39. The average molecular weight is 223 g/mol. The van der Waals surface area contributed by atoms with E-state index in [1.165, 1.54) is 6.33 Å². The van der Waals surface area contributed by atoms with E-state index in [4.69, 9.17) is 17.3 Å². The second-order valence-electron chi connectivity index (χ2n) is 3.17. The number of halogens is 1. The van der Waals surface area contributed by atoms with Gasteiger partial charge in [0, 0.05) is 5.02 Å². The van der Waals surface area contributed by atoms with E-state index < -0.39 is 0 Å². The summed E-state index contributed by atoms with van der Waals surface area (Å²) < 4.78 is 1.77. The number of hydrogen-bond donors (Lipinski definition) is 1. The first kappa shape index (κ1) is 10.1. The van der Waals surface area contributed by atoms with Crippen LogP contribution in [-0.2, 0) is 13.1 Å². The van der Waals surface area contributed by atoms with Crippen molar-refractivity contribution < 1.29 is 0 Å². The number of nitrogens with two attached hydrogens (primary N) is 1. The normalized spacial score (nSPS) is 10.5. The highest BCUT2D eigenvalue weighted by atomic mass is 35.5. The van der Waals surface area contributed by atoms with Crippen molar-refractivity contribution in [3.05, 3.63) is 47.0 Å². The van der Waals surface area contributed by atoms with E-state index in [-0.39, 0.29) is 0 Å². The summed E-state index contributed by atoms with van der Waals surface area (Å²) in [6.07, 6.45) is 1.51. The third kappa shape index (κ3) is 2.34. The van der Waals surface area contributed by atoms with Crippen molar-refractivity contribution in [1.29, 1.82) is 0 Å². The van der Waals surface area contributed by atoms with Gasteiger partial charge in [-0.15, -0.1) is 0 Å². The summed E-state index contributed by atoms with van der Waals surface area (Å²) in [5, 5.41) is 4.82. The second kappa shape index (κ2) is 4.42. The summed E-state index contributed by atoms with van der Waals surface area (Å²) in [7, 11) is 0. The average Bonchev–Trinajstić information content (AvgIpc) is 2.65. The monoisotopic (exact) mass is 222 g/mol. The molecule has 0 bridgehead atoms. The molecule has 4 nitrogen and oxygen atoms in total. The van der Waals surface area contributed by atoms with E-state index >= 15 is 0 Å². The second-order valence-corrected chi connectivity index (χ2v) is 3.60. The lowest BCUT2D eigenvalue weighted by Gasteiger charge is -2.04. The Bertz CT molecular complexity index is 452. The van der Waals surface area contributed by atoms with E-state index in [0.29, 0.717) is 13.1 Å². The molecule has 0 aliphatic carbocycles. The van der Waals surface area contributed by atoms with E-state index in [9.17, 15) is 0 Å². The van der Waals surface area contributed by atoms with Crippen LogP contribution in [0.5, 0.6) is 0 Å². The molecule has 1 aromatic heterocycles. The third-order valence-corrected chi connectivity index (χ3v) is 2.33. The summed E-state index contributed by atoms with van der Waals surface area (Å²) in [6.45, 7) is 1.04. The van der Waals surface area contributed by atoms with Gasteiger partial charge in [-0.1, -0.05) is 23.7 Å². The molecule has 0 radical (unpaired) electrons. The maximum atomic E-state index is 5.89. The first-order valence-electron chi connectivity index (χ1n) is 4.61. The van der Waals surface area contributed by atoms with Gasteiger partial charge in [-0.3, -0.25) is 0 Å². The minimum Gasteiger partial charge on any atom is -0.324 e. The molecule has 78 valence electrons. The molecule has 0 saturated carbocycles. The van der Waals surface area contributed by atoms with Crippen LogP contribution in [0.3, 0.4) is 0 Å². The fourth-order valence-electron chi connectivity index (χ4n) is 1.39. The third-order valence-electron chi connectivity index (χ3n) is 2.10. The number of rotatable bonds is 3. The molecule has 0 atom stereocenters. The highest BCUT2D eigenvalue weighted by Gasteiger charge is 2.02. The molecule has 0 fully saturated rings. The fourth-order valence-corrected chi connectivity index (χ4v) is 1.60. The number of aromatic nitrogens is 3. The van der Waals surface area contributed by atoms with Crippen LogP contribution in [0, 0.1) is 0 Å². The van der Waals surface area contributed by atoms with E-state index in [1.54, 1.807) is 4.68 Å². The van der Waals surface area contributed by atoms with Crippen molar-refractivity contribution in [2.75, 3.05) is 0 Å². The van der Waals surface area contributed by atoms with Crippen molar-refractivity contribution >= 4 is 11.6 Å². The Kier molecular flexibility index (Phi) is 2.99. The zero-order valence-corrected chi connectivity index (χ0v) is 8.85. The minimum atomic E-state index is 0.389. The van der Waals surface area contributed by atoms with Gasteiger partial charge in [-0.25, -0.2) is 9.67 Å². The summed E-state index contributed by atoms with van der Waals surface area (Å²) in [4.78, 5) is 4.05. The molecule has 0 spiro atoms. The smallest absolute Gasteiger partial charge is 0.140 e. The summed E-state index contributed by atoms with van der Waals surface area (Å²) in [5.74, 6) is 0.773. The SMILES string of the molecule is NCc1ncnn1Cc1cccc(Cl)c1. The van der Waals surface area contributed by atoms with Gasteiger partial charge in [0.15, 0.2) is 0 Å².